The van der Waals surface area contributed by atoms with Gasteiger partial charge in [0.1, 0.15) is 12.3 Å². The molecular weight excluding hydrogens is 1400 g/mol. The molecule has 1 fully saturated rings. The van der Waals surface area contributed by atoms with Crippen LogP contribution in [0, 0.1) is 11.8 Å². The molecule has 0 spiro atoms. The van der Waals surface area contributed by atoms with Crippen molar-refractivity contribution in [3.63, 3.8) is 0 Å². The van der Waals surface area contributed by atoms with Crippen LogP contribution in [0.5, 0.6) is 0 Å². The molecule has 1 saturated heterocycles. The molecule has 3 aromatic rings. The normalized spacial score (nSPS) is 17.8. The van der Waals surface area contributed by atoms with Crippen molar-refractivity contribution in [2.75, 3.05) is 102 Å². The van der Waals surface area contributed by atoms with Gasteiger partial charge in [-0.15, -0.1) is 0 Å². The first-order chi connectivity index (χ1) is 49.3. The molecular formula is C73H101N8O22S2+. The highest BCUT2D eigenvalue weighted by atomic mass is 32.2. The summed E-state index contributed by atoms with van der Waals surface area (Å²) in [6.07, 6.45) is 8.99. The van der Waals surface area contributed by atoms with E-state index in [9.17, 15) is 99.7 Å². The van der Waals surface area contributed by atoms with E-state index in [4.69, 9.17) is 5.11 Å². The summed E-state index contributed by atoms with van der Waals surface area (Å²) in [7, 11) is -9.19. The Morgan fingerprint density at radius 1 is 0.590 bits per heavy atom. The molecule has 3 aliphatic rings. The minimum Gasteiger partial charge on any atom is -0.512 e. The maximum absolute atomic E-state index is 13.5. The fraction of sp³-hybridized carbons (Fsp3) is 0.534. The van der Waals surface area contributed by atoms with Crippen molar-refractivity contribution >= 4 is 96.4 Å². The zero-order valence-corrected chi connectivity index (χ0v) is 61.6. The number of hydrogen-bond acceptors (Lipinski definition) is 19. The summed E-state index contributed by atoms with van der Waals surface area (Å²) < 4.78 is 72.3. The van der Waals surface area contributed by atoms with Crippen molar-refractivity contribution < 1.29 is 109 Å². The number of ketones is 1. The van der Waals surface area contributed by atoms with E-state index in [0.717, 1.165) is 17.0 Å². The highest BCUT2D eigenvalue weighted by Gasteiger charge is 2.46. The van der Waals surface area contributed by atoms with E-state index in [1.54, 1.807) is 51.1 Å². The third kappa shape index (κ3) is 26.4. The second-order valence-electron chi connectivity index (χ2n) is 28.2. The van der Waals surface area contributed by atoms with E-state index >= 15 is 0 Å². The van der Waals surface area contributed by atoms with Crippen LogP contribution in [-0.2, 0) is 80.6 Å². The van der Waals surface area contributed by atoms with Crippen LogP contribution in [0.25, 0.3) is 0 Å². The molecule has 32 heteroatoms. The number of carboxylic acids is 6. The largest absolute Gasteiger partial charge is 0.512 e. The van der Waals surface area contributed by atoms with E-state index in [-0.39, 0.29) is 118 Å². The molecule has 0 radical (unpaired) electrons. The number of anilines is 2. The molecule has 11 N–H and O–H groups in total. The third-order valence-corrected chi connectivity index (χ3v) is 21.1. The summed E-state index contributed by atoms with van der Waals surface area (Å²) in [6, 6.07) is 15.3. The van der Waals surface area contributed by atoms with Crippen molar-refractivity contribution in [1.82, 2.24) is 24.9 Å². The molecule has 2 unspecified atom stereocenters. The summed E-state index contributed by atoms with van der Waals surface area (Å²) in [5.74, 6) is -10.5. The first-order valence-electron chi connectivity index (χ1n) is 35.2. The van der Waals surface area contributed by atoms with Crippen molar-refractivity contribution in [3.8, 4) is 0 Å². The summed E-state index contributed by atoms with van der Waals surface area (Å²) >= 11 is 0. The minimum absolute atomic E-state index is 0.0884. The quantitative estimate of drug-likeness (QED) is 0.0119. The molecule has 3 aliphatic heterocycles. The molecule has 2 amide bonds. The Morgan fingerprint density at radius 3 is 1.73 bits per heavy atom. The molecule has 0 bridgehead atoms. The SMILES string of the molecule is C=C(O)CN1CCN(CC(=O)O)CCN(CC(=O)O)C(Cc2ccc(NC(=O)CCCCC[N+]3=C(C=CC=C4N(CCCCCC(=O)NCCCCC(CC(=O)C[C@@H](CCC(=O)O)C(=O)O)C(=O)O)c5ccc(S(=O)(=O)O)cc5C4(C)C)C(C)(C)c4cc(S(=O)(=O)O)ccc43)cc2)CN(CC(=O)O)CC1. The van der Waals surface area contributed by atoms with Crippen molar-refractivity contribution in [1.29, 1.82) is 0 Å². The summed E-state index contributed by atoms with van der Waals surface area (Å²) in [5, 5.41) is 73.6. The number of benzene rings is 3. The number of hydrogen-bond donors (Lipinski definition) is 11. The van der Waals surface area contributed by atoms with Gasteiger partial charge < -0.3 is 51.3 Å². The third-order valence-electron chi connectivity index (χ3n) is 19.4. The fourth-order valence-electron chi connectivity index (χ4n) is 13.8. The Labute approximate surface area is 612 Å². The maximum Gasteiger partial charge on any atom is 0.317 e. The highest BCUT2D eigenvalue weighted by molar-refractivity contribution is 7.86. The molecule has 3 heterocycles. The number of aliphatic carboxylic acids is 6. The van der Waals surface area contributed by atoms with E-state index in [1.807, 2.05) is 50.8 Å². The van der Waals surface area contributed by atoms with Gasteiger partial charge in [-0.2, -0.15) is 21.4 Å². The molecule has 0 saturated carbocycles. The predicted molar refractivity (Wildman–Crippen MR) is 388 cm³/mol. The monoisotopic (exact) mass is 1510 g/mol. The van der Waals surface area contributed by atoms with Crippen molar-refractivity contribution in [3.05, 3.63) is 114 Å². The Hall–Kier alpha value is -8.76. The number of aliphatic hydroxyl groups is 1. The van der Waals surface area contributed by atoms with Crippen LogP contribution in [0.15, 0.2) is 107 Å². The van der Waals surface area contributed by atoms with Gasteiger partial charge in [0.2, 0.25) is 17.5 Å². The standard InChI is InChI=1S/C73H100N8O22S2/c1-49(82)44-76-33-34-77(46-67(88)89)37-38-79(48-69(92)93)54(45-78(36-35-76)47-68(90)91)39-50-20-23-53(24-21-50)75-65(85)19-9-7-13-32-81-61-28-26-57(105(101,102)103)43-59(61)73(4,5)63(81)17-14-16-62-72(2,3)58-42-56(104(98,99)100)25-27-60(58)80(62)31-12-6-8-18-64(84)74-30-11-10-15-51(70(94)95)40-55(83)41-52(71(96)97)22-29-66(86)87/h14,16-17,20-21,23-28,42-43,51-52,54H,1,6-13,15,18-19,22,29-41,44-48H2,2-5H3,(H10-,74,75,82,84,85,86,87,88,89,90,91,92,93,94,95,96,97,98,99,100,101,102,103)/p+1/t51?,52-,54?/m1/s1. The molecule has 576 valence electrons. The number of nitrogens with zero attached hydrogens (tertiary/aromatic N) is 6. The van der Waals surface area contributed by atoms with E-state index in [0.29, 0.717) is 106 Å². The second kappa shape index (κ2) is 39.0. The van der Waals surface area contributed by atoms with Gasteiger partial charge in [-0.25, -0.2) is 0 Å². The van der Waals surface area contributed by atoms with Crippen molar-refractivity contribution in [2.45, 2.75) is 157 Å². The zero-order chi connectivity index (χ0) is 77.6. The Kier molecular flexibility index (Phi) is 31.6. The maximum atomic E-state index is 13.5. The van der Waals surface area contributed by atoms with Gasteiger partial charge in [-0.3, -0.25) is 71.9 Å². The molecule has 0 aromatic heterocycles. The fourth-order valence-corrected chi connectivity index (χ4v) is 14.9. The molecule has 3 atom stereocenters. The number of rotatable bonds is 41. The summed E-state index contributed by atoms with van der Waals surface area (Å²) in [6.45, 7) is 13.1. The van der Waals surface area contributed by atoms with Crippen LogP contribution in [-0.4, -0.2) is 243 Å². The van der Waals surface area contributed by atoms with Crippen LogP contribution in [0.4, 0.5) is 17.1 Å². The van der Waals surface area contributed by atoms with Crippen LogP contribution in [0.2, 0.25) is 0 Å². The van der Waals surface area contributed by atoms with Gasteiger partial charge >= 0.3 is 35.8 Å². The number of carboxylic acid groups (broad SMARTS) is 6. The van der Waals surface area contributed by atoms with E-state index in [1.165, 1.54) is 24.3 Å². The van der Waals surface area contributed by atoms with E-state index in [2.05, 4.69) is 26.7 Å². The number of amides is 2. The average molecular weight is 1510 g/mol. The number of carbonyl (C=O) groups is 9. The van der Waals surface area contributed by atoms with Gasteiger partial charge in [0.25, 0.3) is 20.2 Å². The minimum atomic E-state index is -4.60. The lowest BCUT2D eigenvalue weighted by atomic mass is 9.81. The van der Waals surface area contributed by atoms with Gasteiger partial charge in [0.05, 0.1) is 59.0 Å². The topological polar surface area (TPSA) is 447 Å². The number of Topliss-reactive ketones (excluding diaryl/α,β-unsaturated/α-hetero) is 1. The lowest BCUT2D eigenvalue weighted by Gasteiger charge is -2.37. The molecule has 30 nitrogen and oxygen atoms in total. The smallest absolute Gasteiger partial charge is 0.317 e. The van der Waals surface area contributed by atoms with Crippen LogP contribution in [0.1, 0.15) is 141 Å². The molecule has 6 rings (SSSR count). The Balaban J connectivity index is 1.10. The number of carbonyl (C=O) groups excluding carboxylic acids is 3. The summed E-state index contributed by atoms with van der Waals surface area (Å²) in [4.78, 5) is 118. The second-order valence-corrected chi connectivity index (χ2v) is 31.0. The Bertz CT molecular complexity index is 3990. The number of aliphatic hydroxyl groups excluding tert-OH is 1. The van der Waals surface area contributed by atoms with Crippen molar-refractivity contribution in [2.24, 2.45) is 11.8 Å². The molecule has 0 aliphatic carbocycles. The van der Waals surface area contributed by atoms with Gasteiger partial charge in [-0.1, -0.05) is 51.5 Å². The van der Waals surface area contributed by atoms with Gasteiger partial charge in [-0.05, 0) is 125 Å². The van der Waals surface area contributed by atoms with Gasteiger partial charge in [0, 0.05) is 144 Å². The van der Waals surface area contributed by atoms with E-state index < -0.39 is 116 Å². The number of allylic oxidation sites excluding steroid dienone is 4. The Morgan fingerprint density at radius 2 is 1.14 bits per heavy atom. The first kappa shape index (κ1) is 85.2. The lowest BCUT2D eigenvalue weighted by Crippen LogP contribution is -2.53. The lowest BCUT2D eigenvalue weighted by molar-refractivity contribution is -0.438. The predicted octanol–water partition coefficient (Wildman–Crippen LogP) is 6.91. The highest BCUT2D eigenvalue weighted by Crippen LogP contribution is 2.49. The number of nitrogens with one attached hydrogen (secondary N) is 2. The average Bonchev–Trinajstić information content (AvgIpc) is 1.59. The number of fused-ring (bicyclic) bond motifs is 2. The zero-order valence-electron chi connectivity index (χ0n) is 60.0. The van der Waals surface area contributed by atoms with Crippen LogP contribution in [0.3, 0.4) is 0 Å². The van der Waals surface area contributed by atoms with Gasteiger partial charge in [0.15, 0.2) is 5.71 Å². The van der Waals surface area contributed by atoms with Crippen LogP contribution >= 0.6 is 0 Å². The molecule has 3 aromatic carbocycles. The number of unbranched alkanes of at least 4 members (excludes halogenated alkanes) is 5. The first-order valence-corrected chi connectivity index (χ1v) is 38.0. The molecule has 105 heavy (non-hydrogen) atoms. The van der Waals surface area contributed by atoms with Crippen LogP contribution < -0.4 is 15.5 Å². The summed E-state index contributed by atoms with van der Waals surface area (Å²) in [5.41, 5.74) is 3.88.